The summed E-state index contributed by atoms with van der Waals surface area (Å²) in [7, 11) is -11.4. The summed E-state index contributed by atoms with van der Waals surface area (Å²) in [6.07, 6.45) is 21.0. The Labute approximate surface area is 425 Å². The number of carbonyl (C=O) groups is 1. The van der Waals surface area contributed by atoms with Crippen LogP contribution >= 0.6 is 12.0 Å². The fourth-order valence-corrected chi connectivity index (χ4v) is 11.8. The number of amides is 1. The van der Waals surface area contributed by atoms with E-state index in [4.69, 9.17) is 9.59 Å². The van der Waals surface area contributed by atoms with E-state index in [0.29, 0.717) is 42.8 Å². The smallest absolute Gasteiger partial charge is 0.294 e. The van der Waals surface area contributed by atoms with Crippen molar-refractivity contribution in [1.82, 2.24) is 10.6 Å². The molecule has 1 aliphatic carbocycles. The number of hydrogen-bond acceptors (Lipinski definition) is 14. The first kappa shape index (κ1) is 58.0. The molecule has 71 heavy (non-hydrogen) atoms. The fraction of sp³-hybridized carbons (Fsp3) is 0.560. The zero-order chi connectivity index (χ0) is 52.0. The second-order valence-electron chi connectivity index (χ2n) is 19.5. The predicted octanol–water partition coefficient (Wildman–Crippen LogP) is 9.18. The molecule has 0 bridgehead atoms. The number of anilines is 1. The number of carbonyl (C=O) groups excluding carboxylic acids is 1. The largest absolute Gasteiger partial charge is 0.748 e. The minimum absolute atomic E-state index is 0.0752. The van der Waals surface area contributed by atoms with Gasteiger partial charge in [-0.25, -0.2) is 13.7 Å². The molecule has 394 valence electrons. The molecule has 0 saturated heterocycles. The molecular weight excluding hydrogens is 993 g/mol. The fourth-order valence-electron chi connectivity index (χ4n) is 9.82. The van der Waals surface area contributed by atoms with Crippen molar-refractivity contribution in [2.75, 3.05) is 43.1 Å². The maximum atomic E-state index is 12.3. The molecular formula is C50H72N4O13S4. The first-order valence-corrected chi connectivity index (χ1v) is 29.8. The van der Waals surface area contributed by atoms with Crippen molar-refractivity contribution in [3.05, 3.63) is 94.4 Å². The van der Waals surface area contributed by atoms with Gasteiger partial charge >= 0.3 is 0 Å². The Morgan fingerprint density at radius 3 is 2.17 bits per heavy atom. The molecule has 0 saturated carbocycles. The normalized spacial score (nSPS) is 18.0. The van der Waals surface area contributed by atoms with Gasteiger partial charge in [-0.1, -0.05) is 69.6 Å². The predicted molar refractivity (Wildman–Crippen MR) is 276 cm³/mol. The van der Waals surface area contributed by atoms with Gasteiger partial charge in [-0.3, -0.25) is 13.9 Å². The zero-order valence-electron chi connectivity index (χ0n) is 41.6. The second-order valence-corrected chi connectivity index (χ2v) is 24.8. The highest BCUT2D eigenvalue weighted by atomic mass is 32.2. The van der Waals surface area contributed by atoms with Crippen molar-refractivity contribution >= 4 is 65.4 Å². The van der Waals surface area contributed by atoms with Crippen LogP contribution in [0.3, 0.4) is 0 Å². The number of hydrogen-bond donors (Lipinski definition) is 5. The van der Waals surface area contributed by atoms with Crippen molar-refractivity contribution in [2.24, 2.45) is 0 Å². The highest BCUT2D eigenvalue weighted by molar-refractivity contribution is 7.94. The highest BCUT2D eigenvalue weighted by Gasteiger charge is 2.45. The Kier molecular flexibility index (Phi) is 21.1. The summed E-state index contributed by atoms with van der Waals surface area (Å²) in [4.78, 5) is 14.1. The molecule has 2 aromatic carbocycles. The molecule has 0 aromatic heterocycles. The Morgan fingerprint density at radius 2 is 1.51 bits per heavy atom. The van der Waals surface area contributed by atoms with E-state index >= 15 is 0 Å². The zero-order valence-corrected chi connectivity index (χ0v) is 44.8. The van der Waals surface area contributed by atoms with Gasteiger partial charge in [0.05, 0.1) is 38.2 Å². The molecule has 0 fully saturated rings. The van der Waals surface area contributed by atoms with Crippen LogP contribution in [0.4, 0.5) is 11.4 Å². The average molecular weight is 1070 g/mol. The topological polar surface area (TPSA) is 252 Å². The van der Waals surface area contributed by atoms with Crippen molar-refractivity contribution in [2.45, 2.75) is 151 Å². The first-order chi connectivity index (χ1) is 33.5. The molecule has 3 aliphatic rings. The van der Waals surface area contributed by atoms with Crippen LogP contribution in [0.2, 0.25) is 0 Å². The van der Waals surface area contributed by atoms with Crippen molar-refractivity contribution < 1.29 is 62.9 Å². The molecule has 0 atom stereocenters. The van der Waals surface area contributed by atoms with Gasteiger partial charge in [0.2, 0.25) is 11.6 Å². The maximum absolute atomic E-state index is 12.3. The van der Waals surface area contributed by atoms with Crippen LogP contribution in [-0.2, 0) is 55.4 Å². The summed E-state index contributed by atoms with van der Waals surface area (Å²) < 4.78 is 109. The van der Waals surface area contributed by atoms with E-state index in [0.717, 1.165) is 134 Å². The van der Waals surface area contributed by atoms with Crippen molar-refractivity contribution in [3.63, 3.8) is 0 Å². The molecule has 17 nitrogen and oxygen atoms in total. The van der Waals surface area contributed by atoms with Gasteiger partial charge in [0.25, 0.3) is 20.2 Å². The number of rotatable bonds is 29. The van der Waals surface area contributed by atoms with Gasteiger partial charge in [-0.05, 0) is 118 Å². The number of fused-ring (bicyclic) bond motifs is 2. The Hall–Kier alpha value is -3.90. The van der Waals surface area contributed by atoms with Crippen LogP contribution in [-0.4, -0.2) is 98.6 Å². The number of benzene rings is 2. The van der Waals surface area contributed by atoms with Gasteiger partial charge in [0.15, 0.2) is 5.71 Å². The molecule has 5 rings (SSSR count). The molecule has 0 spiro atoms. The van der Waals surface area contributed by atoms with E-state index in [1.54, 1.807) is 13.1 Å². The number of allylic oxidation sites excluding steroid dienone is 7. The van der Waals surface area contributed by atoms with Crippen LogP contribution < -0.4 is 15.5 Å². The molecule has 2 aliphatic heterocycles. The minimum Gasteiger partial charge on any atom is -0.748 e. The molecule has 0 radical (unpaired) electrons. The van der Waals surface area contributed by atoms with Crippen molar-refractivity contribution in [3.8, 4) is 0 Å². The quantitative estimate of drug-likeness (QED) is 0.0127. The molecule has 2 heterocycles. The summed E-state index contributed by atoms with van der Waals surface area (Å²) in [5.74, 6) is -0.768. The number of unbranched alkanes of at least 4 members (excludes halogenated alkanes) is 9. The third-order valence-electron chi connectivity index (χ3n) is 13.6. The van der Waals surface area contributed by atoms with Crippen molar-refractivity contribution in [1.29, 1.82) is 0 Å². The third kappa shape index (κ3) is 16.6. The first-order valence-electron chi connectivity index (χ1n) is 24.5. The van der Waals surface area contributed by atoms with E-state index in [-0.39, 0.29) is 29.4 Å². The van der Waals surface area contributed by atoms with Gasteiger partial charge in [0.1, 0.15) is 6.54 Å². The summed E-state index contributed by atoms with van der Waals surface area (Å²) in [5, 5.41) is 19.2. The van der Waals surface area contributed by atoms with E-state index in [2.05, 4.69) is 57.2 Å². The second kappa shape index (κ2) is 25.9. The Balaban J connectivity index is 1.51. The molecule has 0 unspecified atom stereocenters. The molecule has 5 N–H and O–H groups in total. The summed E-state index contributed by atoms with van der Waals surface area (Å²) >= 11 is 0.860. The van der Waals surface area contributed by atoms with Gasteiger partial charge < -0.3 is 20.1 Å². The van der Waals surface area contributed by atoms with E-state index in [1.807, 2.05) is 38.1 Å². The van der Waals surface area contributed by atoms with Gasteiger partial charge in [-0.2, -0.15) is 21.4 Å². The molecule has 1 amide bonds. The molecule has 21 heteroatoms. The number of nitrogens with one attached hydrogen (secondary N) is 2. The van der Waals surface area contributed by atoms with E-state index in [9.17, 15) is 43.7 Å². The van der Waals surface area contributed by atoms with E-state index in [1.165, 1.54) is 12.1 Å². The van der Waals surface area contributed by atoms with E-state index < -0.39 is 46.9 Å². The number of nitrogens with zero attached hydrogens (tertiary/aromatic N) is 2. The lowest BCUT2D eigenvalue weighted by molar-refractivity contribution is -0.438. The molecule has 2 aromatic rings. The van der Waals surface area contributed by atoms with Crippen LogP contribution in [0.1, 0.15) is 142 Å². The monoisotopic (exact) mass is 1060 g/mol. The van der Waals surface area contributed by atoms with Gasteiger partial charge in [-0.15, -0.1) is 4.33 Å². The lowest BCUT2D eigenvalue weighted by Gasteiger charge is -2.28. The minimum atomic E-state index is -4.50. The van der Waals surface area contributed by atoms with Crippen LogP contribution in [0.25, 0.3) is 0 Å². The Bertz CT molecular complexity index is 2710. The van der Waals surface area contributed by atoms with Crippen LogP contribution in [0.5, 0.6) is 0 Å². The summed E-state index contributed by atoms with van der Waals surface area (Å²) in [5.41, 5.74) is 7.05. The lowest BCUT2D eigenvalue weighted by atomic mass is 9.81. The SMILES string of the molecule is CNC(=O)CCCCCCCCCCNC1=C(/C=C/C2=[N+](CCCCS(=O)(=O)[O-])c3ccc(SOOO)cc3C2(C)C)CCC/C1=C\C=C1\N(CCCCS(=O)(=O)O)c2ccc(S(=O)(=O)O)cc2C1(C)C. The van der Waals surface area contributed by atoms with Gasteiger partial charge in [0, 0.05) is 83.8 Å². The average Bonchev–Trinajstić information content (AvgIpc) is 3.64. The van der Waals surface area contributed by atoms with Crippen LogP contribution in [0, 0.1) is 0 Å². The third-order valence-corrected chi connectivity index (χ3v) is 16.6. The standard InChI is InChI=1S/C50H72N4O13S4/c1-49(2)41-35-39(68-67-66-56)24-26-43(41)53(31-14-16-33-69(57,58)59)45(49)28-22-37-19-18-20-38(48(37)52-30-13-11-9-7-6-8-10-12-21-47(55)51-5)23-29-46-50(3,4)42-36-40(71(63,64)65)25-27-44(42)54(46)32-15-17-34-70(60,61)62/h22-29,35-36H,6-21,30-34H2,1-5H3,(H5,51,55,56,57,58,59,60,61,62,63,64,65)/b38-23+,46-29+. The highest BCUT2D eigenvalue weighted by Crippen LogP contribution is 2.49. The summed E-state index contributed by atoms with van der Waals surface area (Å²) in [6.45, 7) is 9.76. The Morgan fingerprint density at radius 1 is 0.817 bits per heavy atom. The lowest BCUT2D eigenvalue weighted by Crippen LogP contribution is -2.28. The van der Waals surface area contributed by atoms with Crippen LogP contribution in [0.15, 0.2) is 93.0 Å². The summed E-state index contributed by atoms with van der Waals surface area (Å²) in [6, 6.07) is 10.3. The maximum Gasteiger partial charge on any atom is 0.294 e.